The third-order valence-electron chi connectivity index (χ3n) is 3.03. The highest BCUT2D eigenvalue weighted by Gasteiger charge is 2.32. The highest BCUT2D eigenvalue weighted by Crippen LogP contribution is 2.32. The van der Waals surface area contributed by atoms with E-state index in [-0.39, 0.29) is 11.8 Å². The van der Waals surface area contributed by atoms with Crippen LogP contribution in [-0.4, -0.2) is 11.7 Å². The third kappa shape index (κ3) is 1.35. The molecule has 0 aromatic heterocycles. The Morgan fingerprint density at radius 3 is 3.13 bits per heavy atom. The summed E-state index contributed by atoms with van der Waals surface area (Å²) in [5.74, 6) is 1.24. The lowest BCUT2D eigenvalue weighted by Gasteiger charge is -2.18. The molecule has 3 heteroatoms. The van der Waals surface area contributed by atoms with Crippen LogP contribution < -0.4 is 5.32 Å². The van der Waals surface area contributed by atoms with Crippen LogP contribution in [0.5, 0.6) is 0 Å². The van der Waals surface area contributed by atoms with Crippen LogP contribution in [0.1, 0.15) is 17.5 Å². The lowest BCUT2D eigenvalue weighted by atomic mass is 9.93. The first kappa shape index (κ1) is 8.65. The SMILES string of the molecule is Cc1ccc2c(c1)CC1CC(=O)NC1=N2. The van der Waals surface area contributed by atoms with Crippen molar-refractivity contribution in [3.05, 3.63) is 29.3 Å². The molecule has 1 amide bonds. The molecule has 0 bridgehead atoms. The van der Waals surface area contributed by atoms with Crippen molar-refractivity contribution in [3.8, 4) is 0 Å². The molecule has 0 aliphatic carbocycles. The van der Waals surface area contributed by atoms with Gasteiger partial charge in [-0.1, -0.05) is 17.7 Å². The molecule has 0 saturated carbocycles. The minimum atomic E-state index is 0.100. The summed E-state index contributed by atoms with van der Waals surface area (Å²) in [6, 6.07) is 6.25. The average molecular weight is 200 g/mol. The minimum absolute atomic E-state index is 0.100. The average Bonchev–Trinajstić information content (AvgIpc) is 2.53. The minimum Gasteiger partial charge on any atom is -0.314 e. The Balaban J connectivity index is 2.06. The standard InChI is InChI=1S/C12H12N2O/c1-7-2-3-10-8(4-7)5-9-6-11(15)14-12(9)13-10/h2-4,9H,5-6H2,1H3,(H,13,14,15). The van der Waals surface area contributed by atoms with E-state index in [4.69, 9.17) is 0 Å². The first-order valence-electron chi connectivity index (χ1n) is 5.20. The van der Waals surface area contributed by atoms with Crippen molar-refractivity contribution >= 4 is 17.4 Å². The summed E-state index contributed by atoms with van der Waals surface area (Å²) in [5.41, 5.74) is 3.53. The van der Waals surface area contributed by atoms with Gasteiger partial charge in [0.15, 0.2) is 0 Å². The number of hydrogen-bond acceptors (Lipinski definition) is 2. The summed E-state index contributed by atoms with van der Waals surface area (Å²) in [5, 5.41) is 2.82. The molecule has 1 unspecified atom stereocenters. The largest absolute Gasteiger partial charge is 0.314 e. The molecular weight excluding hydrogens is 188 g/mol. The number of benzene rings is 1. The van der Waals surface area contributed by atoms with E-state index >= 15 is 0 Å². The van der Waals surface area contributed by atoms with Gasteiger partial charge in [-0.2, -0.15) is 0 Å². The summed E-state index contributed by atoms with van der Waals surface area (Å²) in [4.78, 5) is 15.7. The number of nitrogens with one attached hydrogen (secondary N) is 1. The number of carbonyl (C=O) groups excluding carboxylic acids is 1. The van der Waals surface area contributed by atoms with Crippen molar-refractivity contribution < 1.29 is 4.79 Å². The van der Waals surface area contributed by atoms with Gasteiger partial charge in [-0.25, -0.2) is 4.99 Å². The normalized spacial score (nSPS) is 22.9. The smallest absolute Gasteiger partial charge is 0.226 e. The first-order chi connectivity index (χ1) is 7.22. The summed E-state index contributed by atoms with van der Waals surface area (Å²) in [7, 11) is 0. The molecule has 1 fully saturated rings. The van der Waals surface area contributed by atoms with Gasteiger partial charge in [0, 0.05) is 12.3 Å². The quantitative estimate of drug-likeness (QED) is 0.680. The van der Waals surface area contributed by atoms with Gasteiger partial charge >= 0.3 is 0 Å². The Bertz CT molecular complexity index is 477. The molecule has 2 heterocycles. The Kier molecular flexibility index (Phi) is 1.69. The van der Waals surface area contributed by atoms with E-state index in [9.17, 15) is 4.79 Å². The van der Waals surface area contributed by atoms with E-state index < -0.39 is 0 Å². The second-order valence-corrected chi connectivity index (χ2v) is 4.28. The van der Waals surface area contributed by atoms with Crippen molar-refractivity contribution in [2.24, 2.45) is 10.9 Å². The van der Waals surface area contributed by atoms with Crippen LogP contribution in [0.3, 0.4) is 0 Å². The van der Waals surface area contributed by atoms with E-state index in [2.05, 4.69) is 29.4 Å². The molecule has 3 nitrogen and oxygen atoms in total. The fourth-order valence-electron chi connectivity index (χ4n) is 2.29. The van der Waals surface area contributed by atoms with E-state index in [1.807, 2.05) is 6.07 Å². The number of aryl methyl sites for hydroxylation is 1. The number of aliphatic imine (C=N–C) groups is 1. The van der Waals surface area contributed by atoms with Gasteiger partial charge in [-0.15, -0.1) is 0 Å². The summed E-state index contributed by atoms with van der Waals surface area (Å²) in [6.45, 7) is 2.08. The summed E-state index contributed by atoms with van der Waals surface area (Å²) < 4.78 is 0. The van der Waals surface area contributed by atoms with Crippen LogP contribution in [0, 0.1) is 12.8 Å². The number of fused-ring (bicyclic) bond motifs is 2. The molecular formula is C12H12N2O. The number of rotatable bonds is 0. The fourth-order valence-corrected chi connectivity index (χ4v) is 2.29. The van der Waals surface area contributed by atoms with Crippen molar-refractivity contribution in [2.75, 3.05) is 0 Å². The third-order valence-corrected chi connectivity index (χ3v) is 3.03. The van der Waals surface area contributed by atoms with Crippen molar-refractivity contribution in [2.45, 2.75) is 19.8 Å². The monoisotopic (exact) mass is 200 g/mol. The number of hydrogen-bond donors (Lipinski definition) is 1. The highest BCUT2D eigenvalue weighted by molar-refractivity contribution is 6.08. The van der Waals surface area contributed by atoms with Gasteiger partial charge in [0.2, 0.25) is 5.91 Å². The van der Waals surface area contributed by atoms with Crippen LogP contribution in [0.25, 0.3) is 0 Å². The molecule has 1 saturated heterocycles. The molecule has 0 spiro atoms. The Morgan fingerprint density at radius 2 is 2.27 bits per heavy atom. The fraction of sp³-hybridized carbons (Fsp3) is 0.333. The topological polar surface area (TPSA) is 41.5 Å². The Morgan fingerprint density at radius 1 is 1.40 bits per heavy atom. The van der Waals surface area contributed by atoms with Gasteiger partial charge < -0.3 is 5.32 Å². The first-order valence-corrected chi connectivity index (χ1v) is 5.20. The van der Waals surface area contributed by atoms with Crippen LogP contribution in [0.4, 0.5) is 5.69 Å². The van der Waals surface area contributed by atoms with Crippen LogP contribution in [-0.2, 0) is 11.2 Å². The molecule has 1 aromatic rings. The number of nitrogens with zero attached hydrogens (tertiary/aromatic N) is 1. The molecule has 15 heavy (non-hydrogen) atoms. The van der Waals surface area contributed by atoms with E-state index in [1.54, 1.807) is 0 Å². The van der Waals surface area contributed by atoms with Crippen LogP contribution >= 0.6 is 0 Å². The molecule has 3 rings (SSSR count). The van der Waals surface area contributed by atoms with Crippen molar-refractivity contribution in [1.29, 1.82) is 0 Å². The maximum absolute atomic E-state index is 11.2. The molecule has 76 valence electrons. The molecule has 2 aliphatic rings. The maximum Gasteiger partial charge on any atom is 0.226 e. The molecule has 1 atom stereocenters. The lowest BCUT2D eigenvalue weighted by Crippen LogP contribution is -2.25. The van der Waals surface area contributed by atoms with E-state index in [0.29, 0.717) is 6.42 Å². The van der Waals surface area contributed by atoms with Gasteiger partial charge in [0.05, 0.1) is 5.69 Å². The zero-order valence-electron chi connectivity index (χ0n) is 8.58. The summed E-state index contributed by atoms with van der Waals surface area (Å²) in [6.07, 6.45) is 1.53. The molecule has 0 radical (unpaired) electrons. The van der Waals surface area contributed by atoms with Gasteiger partial charge in [-0.3, -0.25) is 4.79 Å². The Hall–Kier alpha value is -1.64. The van der Waals surface area contributed by atoms with E-state index in [0.717, 1.165) is 17.9 Å². The lowest BCUT2D eigenvalue weighted by molar-refractivity contribution is -0.118. The second kappa shape index (κ2) is 2.92. The number of carbonyl (C=O) groups is 1. The van der Waals surface area contributed by atoms with Crippen LogP contribution in [0.2, 0.25) is 0 Å². The Labute approximate surface area is 88.2 Å². The number of amides is 1. The predicted octanol–water partition coefficient (Wildman–Crippen LogP) is 1.72. The molecule has 1 N–H and O–H groups in total. The molecule has 2 aliphatic heterocycles. The second-order valence-electron chi connectivity index (χ2n) is 4.28. The van der Waals surface area contributed by atoms with Gasteiger partial charge in [0.1, 0.15) is 5.84 Å². The van der Waals surface area contributed by atoms with Crippen molar-refractivity contribution in [3.63, 3.8) is 0 Å². The zero-order chi connectivity index (χ0) is 10.4. The van der Waals surface area contributed by atoms with Gasteiger partial charge in [0.25, 0.3) is 0 Å². The number of amidine groups is 1. The maximum atomic E-state index is 11.2. The highest BCUT2D eigenvalue weighted by atomic mass is 16.2. The summed E-state index contributed by atoms with van der Waals surface area (Å²) >= 11 is 0. The zero-order valence-corrected chi connectivity index (χ0v) is 8.58. The van der Waals surface area contributed by atoms with E-state index in [1.165, 1.54) is 11.1 Å². The predicted molar refractivity (Wildman–Crippen MR) is 58.2 cm³/mol. The van der Waals surface area contributed by atoms with Gasteiger partial charge in [-0.05, 0) is 25.0 Å². The molecule has 1 aromatic carbocycles. The van der Waals surface area contributed by atoms with Crippen LogP contribution in [0.15, 0.2) is 23.2 Å². The van der Waals surface area contributed by atoms with Crippen molar-refractivity contribution in [1.82, 2.24) is 5.32 Å².